The van der Waals surface area contributed by atoms with E-state index in [1.54, 1.807) is 0 Å². The first-order chi connectivity index (χ1) is 6.49. The molecule has 0 aromatic carbocycles. The van der Waals surface area contributed by atoms with Gasteiger partial charge in [0, 0.05) is 24.7 Å². The third-order valence-electron chi connectivity index (χ3n) is 2.04. The lowest BCUT2D eigenvalue weighted by Gasteiger charge is -2.21. The summed E-state index contributed by atoms with van der Waals surface area (Å²) in [4.78, 5) is 0. The monoisotopic (exact) mass is 197 g/mol. The first-order valence-electron chi connectivity index (χ1n) is 5.35. The van der Waals surface area contributed by atoms with Gasteiger partial charge < -0.3 is 10.6 Å². The van der Waals surface area contributed by atoms with Gasteiger partial charge in [0.1, 0.15) is 0 Å². The van der Waals surface area contributed by atoms with E-state index in [0.29, 0.717) is 12.5 Å². The standard InChI is InChI=1S/C11H23N3/c1-5-10(6-7-12)13-8-9-14-11(2,3)4/h10,13-14H,5-6,8-9H2,1-4H3. The summed E-state index contributed by atoms with van der Waals surface area (Å²) in [5.41, 5.74) is 0.179. The molecular formula is C11H23N3. The molecule has 0 amide bonds. The topological polar surface area (TPSA) is 47.9 Å². The molecule has 0 aromatic rings. The van der Waals surface area contributed by atoms with Crippen LogP contribution in [0, 0.1) is 11.3 Å². The van der Waals surface area contributed by atoms with E-state index >= 15 is 0 Å². The van der Waals surface area contributed by atoms with Crippen molar-refractivity contribution in [2.24, 2.45) is 0 Å². The van der Waals surface area contributed by atoms with Crippen LogP contribution in [0.3, 0.4) is 0 Å². The fraction of sp³-hybridized carbons (Fsp3) is 0.909. The third kappa shape index (κ3) is 8.03. The molecular weight excluding hydrogens is 174 g/mol. The molecule has 0 saturated heterocycles. The lowest BCUT2D eigenvalue weighted by molar-refractivity contribution is 0.407. The van der Waals surface area contributed by atoms with Gasteiger partial charge in [0.2, 0.25) is 0 Å². The Balaban J connectivity index is 3.48. The van der Waals surface area contributed by atoms with Gasteiger partial charge in [0.15, 0.2) is 0 Å². The van der Waals surface area contributed by atoms with Gasteiger partial charge in [-0.3, -0.25) is 0 Å². The van der Waals surface area contributed by atoms with Crippen molar-refractivity contribution in [1.82, 2.24) is 10.6 Å². The Bertz CT molecular complexity index is 176. The normalized spacial score (nSPS) is 13.6. The molecule has 0 saturated carbocycles. The van der Waals surface area contributed by atoms with E-state index in [-0.39, 0.29) is 5.54 Å². The average Bonchev–Trinajstić information content (AvgIpc) is 2.08. The minimum absolute atomic E-state index is 0.179. The summed E-state index contributed by atoms with van der Waals surface area (Å²) in [5.74, 6) is 0. The molecule has 0 aromatic heterocycles. The van der Waals surface area contributed by atoms with Gasteiger partial charge in [-0.1, -0.05) is 6.92 Å². The molecule has 3 nitrogen and oxygen atoms in total. The van der Waals surface area contributed by atoms with Crippen molar-refractivity contribution in [3.05, 3.63) is 0 Å². The van der Waals surface area contributed by atoms with Crippen molar-refractivity contribution in [1.29, 1.82) is 5.26 Å². The van der Waals surface area contributed by atoms with E-state index in [1.807, 2.05) is 0 Å². The van der Waals surface area contributed by atoms with Gasteiger partial charge in [-0.2, -0.15) is 5.26 Å². The van der Waals surface area contributed by atoms with E-state index < -0.39 is 0 Å². The molecule has 1 unspecified atom stereocenters. The highest BCUT2D eigenvalue weighted by Crippen LogP contribution is 1.97. The molecule has 2 N–H and O–H groups in total. The quantitative estimate of drug-likeness (QED) is 0.637. The second-order valence-electron chi connectivity index (χ2n) is 4.60. The van der Waals surface area contributed by atoms with Crippen molar-refractivity contribution >= 4 is 0 Å². The van der Waals surface area contributed by atoms with Crippen LogP contribution in [0.4, 0.5) is 0 Å². The Kier molecular flexibility index (Phi) is 6.52. The van der Waals surface area contributed by atoms with Crippen LogP contribution in [0.25, 0.3) is 0 Å². The molecule has 14 heavy (non-hydrogen) atoms. The predicted molar refractivity (Wildman–Crippen MR) is 60.1 cm³/mol. The minimum Gasteiger partial charge on any atom is -0.312 e. The van der Waals surface area contributed by atoms with E-state index in [4.69, 9.17) is 5.26 Å². The first kappa shape index (κ1) is 13.4. The van der Waals surface area contributed by atoms with Crippen LogP contribution in [-0.4, -0.2) is 24.7 Å². The maximum absolute atomic E-state index is 8.55. The summed E-state index contributed by atoms with van der Waals surface area (Å²) in [5, 5.41) is 15.3. The van der Waals surface area contributed by atoms with Crippen LogP contribution in [0.15, 0.2) is 0 Å². The van der Waals surface area contributed by atoms with E-state index in [1.165, 1.54) is 0 Å². The number of rotatable bonds is 6. The van der Waals surface area contributed by atoms with Crippen LogP contribution in [0.2, 0.25) is 0 Å². The lowest BCUT2D eigenvalue weighted by atomic mass is 10.1. The number of nitriles is 1. The molecule has 1 atom stereocenters. The highest BCUT2D eigenvalue weighted by Gasteiger charge is 2.08. The second-order valence-corrected chi connectivity index (χ2v) is 4.60. The zero-order chi connectivity index (χ0) is 11.0. The van der Waals surface area contributed by atoms with Crippen molar-refractivity contribution in [2.45, 2.75) is 52.1 Å². The molecule has 0 rings (SSSR count). The summed E-state index contributed by atoms with van der Waals surface area (Å²) in [7, 11) is 0. The molecule has 0 aliphatic rings. The summed E-state index contributed by atoms with van der Waals surface area (Å²) in [6.07, 6.45) is 1.62. The zero-order valence-electron chi connectivity index (χ0n) is 9.85. The van der Waals surface area contributed by atoms with Crippen molar-refractivity contribution < 1.29 is 0 Å². The van der Waals surface area contributed by atoms with E-state index in [0.717, 1.165) is 19.5 Å². The fourth-order valence-electron chi connectivity index (χ4n) is 1.18. The maximum atomic E-state index is 8.55. The van der Waals surface area contributed by atoms with Gasteiger partial charge in [0.05, 0.1) is 12.5 Å². The van der Waals surface area contributed by atoms with Crippen LogP contribution < -0.4 is 10.6 Å². The number of nitrogens with zero attached hydrogens (tertiary/aromatic N) is 1. The van der Waals surface area contributed by atoms with Crippen LogP contribution in [-0.2, 0) is 0 Å². The van der Waals surface area contributed by atoms with Crippen molar-refractivity contribution in [3.63, 3.8) is 0 Å². The van der Waals surface area contributed by atoms with Gasteiger partial charge in [-0.25, -0.2) is 0 Å². The molecule has 0 radical (unpaired) electrons. The largest absolute Gasteiger partial charge is 0.312 e. The van der Waals surface area contributed by atoms with Gasteiger partial charge in [0.25, 0.3) is 0 Å². The fourth-order valence-corrected chi connectivity index (χ4v) is 1.18. The maximum Gasteiger partial charge on any atom is 0.0638 e. The number of hydrogen-bond donors (Lipinski definition) is 2. The molecule has 0 aliphatic heterocycles. The lowest BCUT2D eigenvalue weighted by Crippen LogP contribution is -2.42. The first-order valence-corrected chi connectivity index (χ1v) is 5.35. The smallest absolute Gasteiger partial charge is 0.0638 e. The number of hydrogen-bond acceptors (Lipinski definition) is 3. The van der Waals surface area contributed by atoms with Gasteiger partial charge in [-0.15, -0.1) is 0 Å². The SMILES string of the molecule is CCC(CC#N)NCCNC(C)(C)C. The average molecular weight is 197 g/mol. The van der Waals surface area contributed by atoms with Crippen LogP contribution >= 0.6 is 0 Å². The zero-order valence-corrected chi connectivity index (χ0v) is 9.85. The van der Waals surface area contributed by atoms with Crippen LogP contribution in [0.1, 0.15) is 40.5 Å². The Morgan fingerprint density at radius 2 is 1.93 bits per heavy atom. The summed E-state index contributed by atoms with van der Waals surface area (Å²) < 4.78 is 0. The Morgan fingerprint density at radius 3 is 2.36 bits per heavy atom. The summed E-state index contributed by atoms with van der Waals surface area (Å²) in [6, 6.07) is 2.54. The molecule has 82 valence electrons. The Morgan fingerprint density at radius 1 is 1.29 bits per heavy atom. The van der Waals surface area contributed by atoms with Crippen molar-refractivity contribution in [3.8, 4) is 6.07 Å². The van der Waals surface area contributed by atoms with Gasteiger partial charge in [-0.05, 0) is 27.2 Å². The van der Waals surface area contributed by atoms with Crippen LogP contribution in [0.5, 0.6) is 0 Å². The van der Waals surface area contributed by atoms with Crippen molar-refractivity contribution in [2.75, 3.05) is 13.1 Å². The molecule has 3 heteroatoms. The minimum atomic E-state index is 0.179. The second kappa shape index (κ2) is 6.80. The molecule has 0 aliphatic carbocycles. The highest BCUT2D eigenvalue weighted by molar-refractivity contribution is 4.80. The Labute approximate surface area is 87.9 Å². The molecule has 0 heterocycles. The van der Waals surface area contributed by atoms with E-state index in [9.17, 15) is 0 Å². The highest BCUT2D eigenvalue weighted by atomic mass is 15.0. The summed E-state index contributed by atoms with van der Waals surface area (Å²) >= 11 is 0. The Hall–Kier alpha value is -0.590. The molecule has 0 spiro atoms. The molecule has 0 fully saturated rings. The third-order valence-corrected chi connectivity index (χ3v) is 2.04. The van der Waals surface area contributed by atoms with Gasteiger partial charge >= 0.3 is 0 Å². The number of nitrogens with one attached hydrogen (secondary N) is 2. The molecule has 0 bridgehead atoms. The predicted octanol–water partition coefficient (Wildman–Crippen LogP) is 1.66. The van der Waals surface area contributed by atoms with E-state index in [2.05, 4.69) is 44.4 Å². The summed E-state index contributed by atoms with van der Waals surface area (Å²) in [6.45, 7) is 10.4.